The molecule has 1 saturated heterocycles. The molecule has 0 atom stereocenters. The van der Waals surface area contributed by atoms with Crippen LogP contribution >= 0.6 is 0 Å². The van der Waals surface area contributed by atoms with Gasteiger partial charge in [0.1, 0.15) is 5.82 Å². The van der Waals surface area contributed by atoms with Crippen LogP contribution < -0.4 is 0 Å². The molecule has 3 rings (SSSR count). The SMILES string of the molecule is Fc1cnccc1-c1cccc(CN2CCCCC2)c1. The fraction of sp³-hybridized carbons (Fsp3) is 0.353. The van der Waals surface area contributed by atoms with E-state index in [4.69, 9.17) is 0 Å². The van der Waals surface area contributed by atoms with Crippen LogP contribution in [0.3, 0.4) is 0 Å². The van der Waals surface area contributed by atoms with E-state index in [1.807, 2.05) is 12.1 Å². The van der Waals surface area contributed by atoms with Gasteiger partial charge in [0.15, 0.2) is 0 Å². The predicted molar refractivity (Wildman–Crippen MR) is 78.8 cm³/mol. The summed E-state index contributed by atoms with van der Waals surface area (Å²) in [6, 6.07) is 9.91. The summed E-state index contributed by atoms with van der Waals surface area (Å²) in [5.41, 5.74) is 2.81. The summed E-state index contributed by atoms with van der Waals surface area (Å²) in [6.45, 7) is 3.31. The van der Waals surface area contributed by atoms with Crippen molar-refractivity contribution in [1.82, 2.24) is 9.88 Å². The monoisotopic (exact) mass is 270 g/mol. The molecule has 3 heteroatoms. The fourth-order valence-corrected chi connectivity index (χ4v) is 2.82. The lowest BCUT2D eigenvalue weighted by Crippen LogP contribution is -2.29. The summed E-state index contributed by atoms with van der Waals surface area (Å²) < 4.78 is 13.8. The maximum atomic E-state index is 13.8. The summed E-state index contributed by atoms with van der Waals surface area (Å²) in [5.74, 6) is -0.261. The number of halogens is 1. The third kappa shape index (κ3) is 3.05. The molecule has 0 unspecified atom stereocenters. The molecule has 2 aromatic rings. The molecule has 20 heavy (non-hydrogen) atoms. The van der Waals surface area contributed by atoms with Crippen LogP contribution in [0.5, 0.6) is 0 Å². The molecular formula is C17H19FN2. The van der Waals surface area contributed by atoms with E-state index in [1.54, 1.807) is 12.3 Å². The molecule has 0 amide bonds. The van der Waals surface area contributed by atoms with Crippen molar-refractivity contribution >= 4 is 0 Å². The van der Waals surface area contributed by atoms with Gasteiger partial charge in [0, 0.05) is 18.3 Å². The lowest BCUT2D eigenvalue weighted by molar-refractivity contribution is 0.221. The molecule has 1 aliphatic rings. The first-order chi connectivity index (χ1) is 9.83. The lowest BCUT2D eigenvalue weighted by Gasteiger charge is -2.26. The van der Waals surface area contributed by atoms with Gasteiger partial charge in [-0.3, -0.25) is 9.88 Å². The van der Waals surface area contributed by atoms with Gasteiger partial charge in [-0.15, -0.1) is 0 Å². The van der Waals surface area contributed by atoms with Crippen molar-refractivity contribution in [3.63, 3.8) is 0 Å². The van der Waals surface area contributed by atoms with E-state index in [9.17, 15) is 4.39 Å². The third-order valence-electron chi connectivity index (χ3n) is 3.87. The van der Waals surface area contributed by atoms with Gasteiger partial charge < -0.3 is 0 Å². The summed E-state index contributed by atoms with van der Waals surface area (Å²) in [6.07, 6.45) is 6.83. The lowest BCUT2D eigenvalue weighted by atomic mass is 10.0. The quantitative estimate of drug-likeness (QED) is 0.841. The first kappa shape index (κ1) is 13.3. The van der Waals surface area contributed by atoms with Gasteiger partial charge in [0.05, 0.1) is 6.20 Å². The Labute approximate surface area is 119 Å². The number of hydrogen-bond donors (Lipinski definition) is 0. The molecule has 0 spiro atoms. The minimum absolute atomic E-state index is 0.261. The summed E-state index contributed by atoms with van der Waals surface area (Å²) in [4.78, 5) is 6.28. The highest BCUT2D eigenvalue weighted by molar-refractivity contribution is 5.64. The van der Waals surface area contributed by atoms with Gasteiger partial charge in [-0.2, -0.15) is 0 Å². The van der Waals surface area contributed by atoms with Crippen LogP contribution in [-0.4, -0.2) is 23.0 Å². The zero-order chi connectivity index (χ0) is 13.8. The number of hydrogen-bond acceptors (Lipinski definition) is 2. The van der Waals surface area contributed by atoms with Crippen LogP contribution in [0.1, 0.15) is 24.8 Å². The molecule has 1 aliphatic heterocycles. The Morgan fingerprint density at radius 2 is 1.95 bits per heavy atom. The molecule has 0 bridgehead atoms. The fourth-order valence-electron chi connectivity index (χ4n) is 2.82. The summed E-state index contributed by atoms with van der Waals surface area (Å²) >= 11 is 0. The number of likely N-dealkylation sites (tertiary alicyclic amines) is 1. The van der Waals surface area contributed by atoms with Crippen LogP contribution in [0.15, 0.2) is 42.7 Å². The van der Waals surface area contributed by atoms with Gasteiger partial charge in [-0.25, -0.2) is 4.39 Å². The normalized spacial score (nSPS) is 16.2. The average Bonchev–Trinajstić information content (AvgIpc) is 2.49. The molecule has 1 aromatic heterocycles. The molecule has 2 nitrogen and oxygen atoms in total. The van der Waals surface area contributed by atoms with E-state index in [2.05, 4.69) is 22.0 Å². The van der Waals surface area contributed by atoms with Crippen molar-refractivity contribution in [2.75, 3.05) is 13.1 Å². The Bertz CT molecular complexity index is 577. The number of rotatable bonds is 3. The number of benzene rings is 1. The number of piperidine rings is 1. The van der Waals surface area contributed by atoms with E-state index in [-0.39, 0.29) is 5.82 Å². The van der Waals surface area contributed by atoms with Gasteiger partial charge in [0.2, 0.25) is 0 Å². The van der Waals surface area contributed by atoms with Crippen LogP contribution in [-0.2, 0) is 6.54 Å². The first-order valence-corrected chi connectivity index (χ1v) is 7.24. The third-order valence-corrected chi connectivity index (χ3v) is 3.87. The van der Waals surface area contributed by atoms with Crippen LogP contribution in [0.25, 0.3) is 11.1 Å². The molecule has 104 valence electrons. The van der Waals surface area contributed by atoms with Crippen molar-refractivity contribution in [2.24, 2.45) is 0 Å². The van der Waals surface area contributed by atoms with Gasteiger partial charge in [0.25, 0.3) is 0 Å². The minimum atomic E-state index is -0.261. The van der Waals surface area contributed by atoms with Crippen molar-refractivity contribution in [3.8, 4) is 11.1 Å². The molecular weight excluding hydrogens is 251 g/mol. The second kappa shape index (κ2) is 6.14. The molecule has 1 aromatic carbocycles. The Balaban J connectivity index is 1.80. The molecule has 2 heterocycles. The standard InChI is InChI=1S/C17H19FN2/c18-17-12-19-8-7-16(17)15-6-4-5-14(11-15)13-20-9-2-1-3-10-20/h4-8,11-12H,1-3,9-10,13H2. The molecule has 0 N–H and O–H groups in total. The predicted octanol–water partition coefficient (Wildman–Crippen LogP) is 3.87. The van der Waals surface area contributed by atoms with Crippen LogP contribution in [0.4, 0.5) is 4.39 Å². The number of nitrogens with zero attached hydrogens (tertiary/aromatic N) is 2. The second-order valence-corrected chi connectivity index (χ2v) is 5.39. The van der Waals surface area contributed by atoms with E-state index < -0.39 is 0 Å². The Kier molecular flexibility index (Phi) is 4.07. The topological polar surface area (TPSA) is 16.1 Å². The van der Waals surface area contributed by atoms with E-state index >= 15 is 0 Å². The molecule has 0 aliphatic carbocycles. The highest BCUT2D eigenvalue weighted by atomic mass is 19.1. The maximum absolute atomic E-state index is 13.8. The molecule has 0 radical (unpaired) electrons. The van der Waals surface area contributed by atoms with E-state index in [1.165, 1.54) is 44.1 Å². The summed E-state index contributed by atoms with van der Waals surface area (Å²) in [7, 11) is 0. The zero-order valence-electron chi connectivity index (χ0n) is 11.6. The van der Waals surface area contributed by atoms with Gasteiger partial charge in [-0.05, 0) is 49.2 Å². The van der Waals surface area contributed by atoms with Gasteiger partial charge >= 0.3 is 0 Å². The molecule has 0 saturated carbocycles. The highest BCUT2D eigenvalue weighted by Crippen LogP contribution is 2.23. The summed E-state index contributed by atoms with van der Waals surface area (Å²) in [5, 5.41) is 0. The largest absolute Gasteiger partial charge is 0.299 e. The Hall–Kier alpha value is -1.74. The second-order valence-electron chi connectivity index (χ2n) is 5.39. The zero-order valence-corrected chi connectivity index (χ0v) is 11.6. The van der Waals surface area contributed by atoms with Crippen LogP contribution in [0.2, 0.25) is 0 Å². The first-order valence-electron chi connectivity index (χ1n) is 7.24. The molecule has 1 fully saturated rings. The minimum Gasteiger partial charge on any atom is -0.299 e. The highest BCUT2D eigenvalue weighted by Gasteiger charge is 2.11. The Morgan fingerprint density at radius 3 is 2.75 bits per heavy atom. The average molecular weight is 270 g/mol. The van der Waals surface area contributed by atoms with Crippen molar-refractivity contribution in [3.05, 3.63) is 54.1 Å². The van der Waals surface area contributed by atoms with Gasteiger partial charge in [-0.1, -0.05) is 24.6 Å². The van der Waals surface area contributed by atoms with E-state index in [0.29, 0.717) is 5.56 Å². The number of aromatic nitrogens is 1. The Morgan fingerprint density at radius 1 is 1.10 bits per heavy atom. The van der Waals surface area contributed by atoms with E-state index in [0.717, 1.165) is 12.1 Å². The van der Waals surface area contributed by atoms with Crippen molar-refractivity contribution in [1.29, 1.82) is 0 Å². The van der Waals surface area contributed by atoms with Crippen molar-refractivity contribution in [2.45, 2.75) is 25.8 Å². The van der Waals surface area contributed by atoms with Crippen molar-refractivity contribution < 1.29 is 4.39 Å². The van der Waals surface area contributed by atoms with Crippen LogP contribution in [0, 0.1) is 5.82 Å². The maximum Gasteiger partial charge on any atom is 0.149 e. The number of pyridine rings is 1. The smallest absolute Gasteiger partial charge is 0.149 e.